The molecule has 1 aromatic carbocycles. The topological polar surface area (TPSA) is 45.2 Å². The number of rotatable bonds is 4. The van der Waals surface area contributed by atoms with Gasteiger partial charge in [-0.25, -0.2) is 15.0 Å². The molecule has 0 aliphatic carbocycles. The highest BCUT2D eigenvalue weighted by atomic mass is 32.2. The number of benzene rings is 1. The molecular weight excluding hydrogens is 354 g/mol. The van der Waals surface area contributed by atoms with E-state index in [4.69, 9.17) is 0 Å². The molecule has 3 aromatic rings. The molecule has 27 heavy (non-hydrogen) atoms. The highest BCUT2D eigenvalue weighted by Gasteiger charge is 2.23. The van der Waals surface area contributed by atoms with Crippen LogP contribution in [0.3, 0.4) is 0 Å². The van der Waals surface area contributed by atoms with Gasteiger partial charge < -0.3 is 4.90 Å². The number of thioether (sulfide) groups is 1. The number of anilines is 2. The molecule has 0 radical (unpaired) electrons. The third-order valence-electron chi connectivity index (χ3n) is 5.18. The van der Waals surface area contributed by atoms with Gasteiger partial charge in [-0.15, -0.1) is 11.8 Å². The van der Waals surface area contributed by atoms with Crippen LogP contribution in [0.5, 0.6) is 0 Å². The SMILES string of the molecule is c1ncc(-c2ccc3c(c2)SCN3c2cc(CN3CCCC3)ccn2)cn1. The molecule has 0 amide bonds. The van der Waals surface area contributed by atoms with Crippen LogP contribution in [-0.4, -0.2) is 38.8 Å². The van der Waals surface area contributed by atoms with Gasteiger partial charge in [0.1, 0.15) is 12.1 Å². The van der Waals surface area contributed by atoms with E-state index in [9.17, 15) is 0 Å². The summed E-state index contributed by atoms with van der Waals surface area (Å²) in [4.78, 5) is 19.0. The molecule has 4 heterocycles. The Morgan fingerprint density at radius 3 is 2.67 bits per heavy atom. The van der Waals surface area contributed by atoms with Crippen molar-refractivity contribution in [1.82, 2.24) is 19.9 Å². The van der Waals surface area contributed by atoms with Gasteiger partial charge in [0.05, 0.1) is 11.6 Å². The molecule has 0 N–H and O–H groups in total. The normalized spacial score (nSPS) is 16.7. The second kappa shape index (κ2) is 7.29. The summed E-state index contributed by atoms with van der Waals surface area (Å²) in [7, 11) is 0. The summed E-state index contributed by atoms with van der Waals surface area (Å²) in [6.07, 6.45) is 9.87. The van der Waals surface area contributed by atoms with Crippen LogP contribution < -0.4 is 4.90 Å². The summed E-state index contributed by atoms with van der Waals surface area (Å²) in [5.74, 6) is 1.93. The minimum atomic E-state index is 0.893. The Kier molecular flexibility index (Phi) is 4.51. The van der Waals surface area contributed by atoms with Gasteiger partial charge in [-0.1, -0.05) is 6.07 Å². The van der Waals surface area contributed by atoms with Gasteiger partial charge in [-0.3, -0.25) is 4.90 Å². The molecule has 0 bridgehead atoms. The Labute approximate surface area is 163 Å². The lowest BCUT2D eigenvalue weighted by atomic mass is 10.1. The zero-order chi connectivity index (χ0) is 18.1. The molecule has 136 valence electrons. The first-order valence-electron chi connectivity index (χ1n) is 9.34. The van der Waals surface area contributed by atoms with Gasteiger partial charge >= 0.3 is 0 Å². The lowest BCUT2D eigenvalue weighted by Crippen LogP contribution is -2.19. The molecule has 0 atom stereocenters. The molecule has 1 fully saturated rings. The van der Waals surface area contributed by atoms with Crippen molar-refractivity contribution in [1.29, 1.82) is 0 Å². The quantitative estimate of drug-likeness (QED) is 0.676. The Morgan fingerprint density at radius 1 is 0.963 bits per heavy atom. The summed E-state index contributed by atoms with van der Waals surface area (Å²) in [5.41, 5.74) is 4.77. The van der Waals surface area contributed by atoms with Gasteiger partial charge in [0, 0.05) is 35.6 Å². The van der Waals surface area contributed by atoms with Gasteiger partial charge in [0.15, 0.2) is 0 Å². The summed E-state index contributed by atoms with van der Waals surface area (Å²) in [5, 5.41) is 0. The van der Waals surface area contributed by atoms with Crippen molar-refractivity contribution < 1.29 is 0 Å². The van der Waals surface area contributed by atoms with E-state index < -0.39 is 0 Å². The average Bonchev–Trinajstić information content (AvgIpc) is 3.38. The van der Waals surface area contributed by atoms with E-state index in [1.807, 2.05) is 30.4 Å². The molecule has 5 nitrogen and oxygen atoms in total. The fourth-order valence-corrected chi connectivity index (χ4v) is 4.86. The predicted molar refractivity (Wildman–Crippen MR) is 109 cm³/mol. The molecule has 2 aliphatic rings. The smallest absolute Gasteiger partial charge is 0.134 e. The number of nitrogens with zero attached hydrogens (tertiary/aromatic N) is 5. The lowest BCUT2D eigenvalue weighted by molar-refractivity contribution is 0.331. The first-order valence-corrected chi connectivity index (χ1v) is 10.3. The van der Waals surface area contributed by atoms with E-state index in [1.165, 1.54) is 42.1 Å². The van der Waals surface area contributed by atoms with Crippen LogP contribution in [0.4, 0.5) is 11.5 Å². The van der Waals surface area contributed by atoms with Gasteiger partial charge in [0.2, 0.25) is 0 Å². The standard InChI is InChI=1S/C21H21N5S/c1-2-8-25(7-1)13-16-5-6-24-21(9-16)26-15-27-20-10-17(3-4-19(20)26)18-11-22-14-23-12-18/h3-6,9-12,14H,1-2,7-8,13,15H2. The Bertz CT molecular complexity index is 940. The van der Waals surface area contributed by atoms with Crippen LogP contribution in [-0.2, 0) is 6.54 Å². The maximum atomic E-state index is 4.65. The summed E-state index contributed by atoms with van der Waals surface area (Å²) >= 11 is 1.85. The van der Waals surface area contributed by atoms with Crippen molar-refractivity contribution in [2.24, 2.45) is 0 Å². The Hall–Kier alpha value is -2.44. The number of likely N-dealkylation sites (tertiary alicyclic amines) is 1. The van der Waals surface area contributed by atoms with E-state index in [1.54, 1.807) is 6.33 Å². The van der Waals surface area contributed by atoms with Gasteiger partial charge in [-0.05, 0) is 61.3 Å². The first kappa shape index (κ1) is 16.7. The molecule has 2 aromatic heterocycles. The van der Waals surface area contributed by atoms with E-state index in [2.05, 4.69) is 55.1 Å². The van der Waals surface area contributed by atoms with E-state index >= 15 is 0 Å². The van der Waals surface area contributed by atoms with Crippen LogP contribution >= 0.6 is 11.8 Å². The second-order valence-electron chi connectivity index (χ2n) is 7.02. The predicted octanol–water partition coefficient (Wildman–Crippen LogP) is 4.34. The zero-order valence-electron chi connectivity index (χ0n) is 15.1. The number of pyridine rings is 1. The summed E-state index contributed by atoms with van der Waals surface area (Å²) in [6.45, 7) is 3.45. The average molecular weight is 376 g/mol. The maximum absolute atomic E-state index is 4.65. The summed E-state index contributed by atoms with van der Waals surface area (Å²) in [6, 6.07) is 10.9. The van der Waals surface area contributed by atoms with E-state index in [0.29, 0.717) is 0 Å². The highest BCUT2D eigenvalue weighted by molar-refractivity contribution is 7.99. The summed E-state index contributed by atoms with van der Waals surface area (Å²) < 4.78 is 0. The molecule has 0 spiro atoms. The third kappa shape index (κ3) is 3.42. The van der Waals surface area contributed by atoms with Crippen molar-refractivity contribution in [3.63, 3.8) is 0 Å². The second-order valence-corrected chi connectivity index (χ2v) is 8.00. The van der Waals surface area contributed by atoms with Gasteiger partial charge in [0.25, 0.3) is 0 Å². The molecule has 0 unspecified atom stereocenters. The van der Waals surface area contributed by atoms with E-state index in [0.717, 1.165) is 29.4 Å². The van der Waals surface area contributed by atoms with Crippen LogP contribution in [0.2, 0.25) is 0 Å². The lowest BCUT2D eigenvalue weighted by Gasteiger charge is -2.20. The Balaban J connectivity index is 1.40. The maximum Gasteiger partial charge on any atom is 0.134 e. The molecule has 6 heteroatoms. The van der Waals surface area contributed by atoms with Crippen LogP contribution in [0.15, 0.2) is 60.1 Å². The van der Waals surface area contributed by atoms with Crippen LogP contribution in [0.1, 0.15) is 18.4 Å². The number of fused-ring (bicyclic) bond motifs is 1. The fraction of sp³-hybridized carbons (Fsp3) is 0.286. The van der Waals surface area contributed by atoms with Crippen molar-refractivity contribution in [3.05, 3.63) is 60.8 Å². The zero-order valence-corrected chi connectivity index (χ0v) is 15.9. The molecule has 1 saturated heterocycles. The van der Waals surface area contributed by atoms with Gasteiger partial charge in [-0.2, -0.15) is 0 Å². The van der Waals surface area contributed by atoms with Crippen molar-refractivity contribution in [2.75, 3.05) is 23.9 Å². The minimum Gasteiger partial charge on any atom is -0.315 e. The monoisotopic (exact) mass is 375 g/mol. The molecule has 0 saturated carbocycles. The number of aromatic nitrogens is 3. The largest absolute Gasteiger partial charge is 0.315 e. The molecule has 2 aliphatic heterocycles. The molecular formula is C21H21N5S. The van der Waals surface area contributed by atoms with Crippen molar-refractivity contribution in [2.45, 2.75) is 24.3 Å². The minimum absolute atomic E-state index is 0.893. The highest BCUT2D eigenvalue weighted by Crippen LogP contribution is 2.43. The first-order chi connectivity index (χ1) is 13.4. The van der Waals surface area contributed by atoms with Crippen molar-refractivity contribution >= 4 is 23.3 Å². The number of hydrogen-bond acceptors (Lipinski definition) is 6. The fourth-order valence-electron chi connectivity index (χ4n) is 3.78. The number of hydrogen-bond donors (Lipinski definition) is 0. The van der Waals surface area contributed by atoms with Crippen LogP contribution in [0.25, 0.3) is 11.1 Å². The Morgan fingerprint density at radius 2 is 1.81 bits per heavy atom. The van der Waals surface area contributed by atoms with Crippen molar-refractivity contribution in [3.8, 4) is 11.1 Å². The third-order valence-corrected chi connectivity index (χ3v) is 6.21. The van der Waals surface area contributed by atoms with E-state index in [-0.39, 0.29) is 0 Å². The molecule has 5 rings (SSSR count). The van der Waals surface area contributed by atoms with Crippen LogP contribution in [0, 0.1) is 0 Å².